The van der Waals surface area contributed by atoms with E-state index in [4.69, 9.17) is 0 Å². The van der Waals surface area contributed by atoms with Crippen LogP contribution in [-0.4, -0.2) is 43.0 Å². The van der Waals surface area contributed by atoms with Crippen LogP contribution in [-0.2, 0) is 11.2 Å². The average Bonchev–Trinajstić information content (AvgIpc) is 2.95. The Morgan fingerprint density at radius 3 is 2.67 bits per heavy atom. The van der Waals surface area contributed by atoms with E-state index in [0.717, 1.165) is 24.4 Å². The first-order valence-electron chi connectivity index (χ1n) is 8.02. The fraction of sp³-hybridized carbons (Fsp3) is 0.412. The van der Waals surface area contributed by atoms with Gasteiger partial charge in [-0.15, -0.1) is 24.0 Å². The van der Waals surface area contributed by atoms with Crippen LogP contribution in [0.2, 0.25) is 0 Å². The molecule has 0 aliphatic rings. The van der Waals surface area contributed by atoms with Gasteiger partial charge in [-0.1, -0.05) is 18.2 Å². The molecule has 1 aromatic carbocycles. The van der Waals surface area contributed by atoms with Gasteiger partial charge in [-0.3, -0.25) is 9.79 Å². The van der Waals surface area contributed by atoms with Gasteiger partial charge in [0.15, 0.2) is 5.96 Å². The number of benzene rings is 1. The second-order valence-electron chi connectivity index (χ2n) is 5.28. The smallest absolute Gasteiger partial charge is 0.216 e. The first kappa shape index (κ1) is 20.3. The lowest BCUT2D eigenvalue weighted by Gasteiger charge is -2.11. The van der Waals surface area contributed by atoms with Crippen molar-refractivity contribution in [1.82, 2.24) is 20.9 Å². The molecule has 0 atom stereocenters. The Kier molecular flexibility index (Phi) is 9.21. The maximum atomic E-state index is 10.8. The van der Waals surface area contributed by atoms with Gasteiger partial charge in [0, 0.05) is 50.2 Å². The number of aromatic amines is 1. The summed E-state index contributed by atoms with van der Waals surface area (Å²) < 4.78 is 0. The standard InChI is InChI=1S/C17H25N5O.HI/c1-3-18-17(21-11-10-19-13(2)23)20-9-8-14-12-22-16-7-5-4-6-15(14)16;/h4-7,12,22H,3,8-11H2,1-2H3,(H,19,23)(H2,18,20,21);1H. The number of nitrogens with zero attached hydrogens (tertiary/aromatic N) is 1. The number of hydrogen-bond acceptors (Lipinski definition) is 2. The van der Waals surface area contributed by atoms with Crippen LogP contribution in [0.3, 0.4) is 0 Å². The molecule has 1 heterocycles. The molecule has 0 saturated heterocycles. The number of carbonyl (C=O) groups is 1. The minimum Gasteiger partial charge on any atom is -0.361 e. The van der Waals surface area contributed by atoms with E-state index in [1.165, 1.54) is 17.9 Å². The van der Waals surface area contributed by atoms with Gasteiger partial charge < -0.3 is 20.9 Å². The maximum absolute atomic E-state index is 10.8. The summed E-state index contributed by atoms with van der Waals surface area (Å²) >= 11 is 0. The van der Waals surface area contributed by atoms with E-state index >= 15 is 0 Å². The molecular formula is C17H26IN5O. The van der Waals surface area contributed by atoms with E-state index in [9.17, 15) is 4.79 Å². The summed E-state index contributed by atoms with van der Waals surface area (Å²) in [5.74, 6) is 0.755. The van der Waals surface area contributed by atoms with Crippen molar-refractivity contribution in [3.8, 4) is 0 Å². The number of amides is 1. The molecule has 4 N–H and O–H groups in total. The second kappa shape index (κ2) is 10.9. The zero-order valence-electron chi connectivity index (χ0n) is 14.2. The van der Waals surface area contributed by atoms with Gasteiger partial charge in [0.1, 0.15) is 0 Å². The van der Waals surface area contributed by atoms with Crippen molar-refractivity contribution in [3.63, 3.8) is 0 Å². The van der Waals surface area contributed by atoms with Crippen LogP contribution in [0.1, 0.15) is 19.4 Å². The molecule has 0 saturated carbocycles. The van der Waals surface area contributed by atoms with Crippen LogP contribution in [0.25, 0.3) is 10.9 Å². The van der Waals surface area contributed by atoms with Crippen molar-refractivity contribution >= 4 is 46.7 Å². The summed E-state index contributed by atoms with van der Waals surface area (Å²) in [4.78, 5) is 18.7. The van der Waals surface area contributed by atoms with E-state index in [-0.39, 0.29) is 29.9 Å². The van der Waals surface area contributed by atoms with Crippen LogP contribution in [0.4, 0.5) is 0 Å². The van der Waals surface area contributed by atoms with Crippen LogP contribution in [0.5, 0.6) is 0 Å². The highest BCUT2D eigenvalue weighted by Gasteiger charge is 2.02. The summed E-state index contributed by atoms with van der Waals surface area (Å²) in [7, 11) is 0. The molecular weight excluding hydrogens is 417 g/mol. The molecule has 0 aliphatic carbocycles. The molecule has 0 aliphatic heterocycles. The normalized spacial score (nSPS) is 11.0. The monoisotopic (exact) mass is 443 g/mol. The predicted octanol–water partition coefficient (Wildman–Crippen LogP) is 2.02. The third-order valence-corrected chi connectivity index (χ3v) is 3.46. The van der Waals surface area contributed by atoms with Gasteiger partial charge in [-0.2, -0.15) is 0 Å². The number of fused-ring (bicyclic) bond motifs is 1. The SMILES string of the molecule is CCNC(=NCCc1c[nH]c2ccccc12)NCCNC(C)=O.I. The Balaban J connectivity index is 0.00000288. The van der Waals surface area contributed by atoms with Gasteiger partial charge in [-0.05, 0) is 25.0 Å². The Labute approximate surface area is 159 Å². The highest BCUT2D eigenvalue weighted by Crippen LogP contribution is 2.17. The number of rotatable bonds is 7. The number of aliphatic imine (C=N–C) groups is 1. The molecule has 0 spiro atoms. The van der Waals surface area contributed by atoms with E-state index in [2.05, 4.69) is 50.3 Å². The fourth-order valence-electron chi connectivity index (χ4n) is 2.39. The Hall–Kier alpha value is -1.77. The average molecular weight is 443 g/mol. The quantitative estimate of drug-likeness (QED) is 0.229. The molecule has 0 unspecified atom stereocenters. The third kappa shape index (κ3) is 6.38. The molecule has 1 aromatic heterocycles. The molecule has 7 heteroatoms. The zero-order valence-corrected chi connectivity index (χ0v) is 16.5. The number of para-hydroxylation sites is 1. The Morgan fingerprint density at radius 1 is 1.17 bits per heavy atom. The van der Waals surface area contributed by atoms with Gasteiger partial charge in [-0.25, -0.2) is 0 Å². The van der Waals surface area contributed by atoms with Crippen molar-refractivity contribution in [3.05, 3.63) is 36.0 Å². The molecule has 6 nitrogen and oxygen atoms in total. The maximum Gasteiger partial charge on any atom is 0.216 e. The zero-order chi connectivity index (χ0) is 16.5. The predicted molar refractivity (Wildman–Crippen MR) is 110 cm³/mol. The van der Waals surface area contributed by atoms with E-state index in [1.54, 1.807) is 0 Å². The lowest BCUT2D eigenvalue weighted by atomic mass is 10.1. The minimum atomic E-state index is -0.0203. The summed E-state index contributed by atoms with van der Waals surface area (Å²) in [5, 5.41) is 10.4. The van der Waals surface area contributed by atoms with E-state index in [1.807, 2.05) is 13.0 Å². The first-order valence-corrected chi connectivity index (χ1v) is 8.02. The number of halogens is 1. The number of nitrogens with one attached hydrogen (secondary N) is 4. The summed E-state index contributed by atoms with van der Waals surface area (Å²) in [6, 6.07) is 8.29. The number of aromatic nitrogens is 1. The van der Waals surface area contributed by atoms with Gasteiger partial charge in [0.25, 0.3) is 0 Å². The van der Waals surface area contributed by atoms with E-state index in [0.29, 0.717) is 19.6 Å². The number of hydrogen-bond donors (Lipinski definition) is 4. The molecule has 2 aromatic rings. The molecule has 132 valence electrons. The van der Waals surface area contributed by atoms with Crippen molar-refractivity contribution in [2.75, 3.05) is 26.2 Å². The number of guanidine groups is 1. The lowest BCUT2D eigenvalue weighted by Crippen LogP contribution is -2.41. The highest BCUT2D eigenvalue weighted by atomic mass is 127. The van der Waals surface area contributed by atoms with Crippen molar-refractivity contribution in [2.45, 2.75) is 20.3 Å². The Bertz CT molecular complexity index is 668. The van der Waals surface area contributed by atoms with Crippen molar-refractivity contribution < 1.29 is 4.79 Å². The van der Waals surface area contributed by atoms with E-state index < -0.39 is 0 Å². The molecule has 0 fully saturated rings. The van der Waals surface area contributed by atoms with Crippen LogP contribution in [0, 0.1) is 0 Å². The first-order chi connectivity index (χ1) is 11.2. The molecule has 0 bridgehead atoms. The number of carbonyl (C=O) groups excluding carboxylic acids is 1. The van der Waals surface area contributed by atoms with Gasteiger partial charge in [0.05, 0.1) is 0 Å². The van der Waals surface area contributed by atoms with Crippen molar-refractivity contribution in [2.24, 2.45) is 4.99 Å². The molecule has 1 amide bonds. The summed E-state index contributed by atoms with van der Waals surface area (Å²) in [6.45, 7) is 6.29. The lowest BCUT2D eigenvalue weighted by molar-refractivity contribution is -0.118. The van der Waals surface area contributed by atoms with Gasteiger partial charge >= 0.3 is 0 Å². The number of H-pyrrole nitrogens is 1. The van der Waals surface area contributed by atoms with Crippen LogP contribution >= 0.6 is 24.0 Å². The Morgan fingerprint density at radius 2 is 1.92 bits per heavy atom. The van der Waals surface area contributed by atoms with Crippen LogP contribution in [0.15, 0.2) is 35.5 Å². The molecule has 24 heavy (non-hydrogen) atoms. The molecule has 2 rings (SSSR count). The summed E-state index contributed by atoms with van der Waals surface area (Å²) in [5.41, 5.74) is 2.44. The summed E-state index contributed by atoms with van der Waals surface area (Å²) in [6.07, 6.45) is 2.93. The van der Waals surface area contributed by atoms with Gasteiger partial charge in [0.2, 0.25) is 5.91 Å². The highest BCUT2D eigenvalue weighted by molar-refractivity contribution is 14.0. The van der Waals surface area contributed by atoms with Crippen LogP contribution < -0.4 is 16.0 Å². The third-order valence-electron chi connectivity index (χ3n) is 3.46. The minimum absolute atomic E-state index is 0. The molecule has 0 radical (unpaired) electrons. The fourth-order valence-corrected chi connectivity index (χ4v) is 2.39. The van der Waals surface area contributed by atoms with Crippen molar-refractivity contribution in [1.29, 1.82) is 0 Å². The second-order valence-corrected chi connectivity index (χ2v) is 5.28. The largest absolute Gasteiger partial charge is 0.361 e. The topological polar surface area (TPSA) is 81.3 Å².